The van der Waals surface area contributed by atoms with Crippen molar-refractivity contribution in [2.45, 2.75) is 25.0 Å². The number of aryl methyl sites for hydroxylation is 1. The van der Waals surface area contributed by atoms with Crippen molar-refractivity contribution in [2.24, 2.45) is 0 Å². The number of rotatable bonds is 5. The van der Waals surface area contributed by atoms with E-state index in [9.17, 15) is 12.8 Å². The van der Waals surface area contributed by atoms with Gasteiger partial charge in [-0.1, -0.05) is 6.07 Å². The molecule has 0 saturated heterocycles. The molecular weight excluding hydrogens is 285 g/mol. The Labute approximate surface area is 115 Å². The van der Waals surface area contributed by atoms with Crippen molar-refractivity contribution in [3.63, 3.8) is 0 Å². The molecule has 0 saturated carbocycles. The maximum atomic E-state index is 13.6. The zero-order chi connectivity index (χ0) is 14.8. The monoisotopic (exact) mass is 299 g/mol. The van der Waals surface area contributed by atoms with Gasteiger partial charge < -0.3 is 5.11 Å². The van der Waals surface area contributed by atoms with Gasteiger partial charge in [0.1, 0.15) is 10.7 Å². The number of sulfonamides is 1. The number of nitrogens with zero attached hydrogens (tertiary/aromatic N) is 1. The minimum absolute atomic E-state index is 0.00740. The first-order valence-electron chi connectivity index (χ1n) is 5.82. The minimum Gasteiger partial charge on any atom is -0.392 e. The highest BCUT2D eigenvalue weighted by atomic mass is 32.2. The average molecular weight is 299 g/mol. The van der Waals surface area contributed by atoms with Crippen LogP contribution in [-0.2, 0) is 23.2 Å². The smallest absolute Gasteiger partial charge is 0.243 e. The molecule has 1 heterocycles. The Morgan fingerprint density at radius 2 is 2.20 bits per heavy atom. The highest BCUT2D eigenvalue weighted by Crippen LogP contribution is 2.17. The van der Waals surface area contributed by atoms with E-state index in [1.165, 1.54) is 12.3 Å². The molecule has 0 bridgehead atoms. The molecule has 0 aliphatic rings. The lowest BCUT2D eigenvalue weighted by atomic mass is 10.2. The van der Waals surface area contributed by atoms with Crippen molar-refractivity contribution in [3.8, 4) is 0 Å². The van der Waals surface area contributed by atoms with Crippen molar-refractivity contribution in [3.05, 3.63) is 47.0 Å². The Morgan fingerprint density at radius 1 is 1.45 bits per heavy atom. The second-order valence-electron chi connectivity index (χ2n) is 4.27. The van der Waals surface area contributed by atoms with Crippen molar-refractivity contribution < 1.29 is 17.9 Å². The Balaban J connectivity index is 2.24. The summed E-state index contributed by atoms with van der Waals surface area (Å²) in [6.07, 6.45) is 1.50. The van der Waals surface area contributed by atoms with Crippen molar-refractivity contribution >= 4 is 10.0 Å². The Kier molecular flexibility index (Phi) is 4.17. The van der Waals surface area contributed by atoms with Gasteiger partial charge in [-0.3, -0.25) is 5.10 Å². The molecule has 0 amide bonds. The predicted molar refractivity (Wildman–Crippen MR) is 69.7 cm³/mol. The van der Waals surface area contributed by atoms with Crippen LogP contribution < -0.4 is 4.72 Å². The molecule has 0 unspecified atom stereocenters. The highest BCUT2D eigenvalue weighted by Gasteiger charge is 2.19. The summed E-state index contributed by atoms with van der Waals surface area (Å²) in [5.41, 5.74) is 1.73. The van der Waals surface area contributed by atoms with E-state index < -0.39 is 20.7 Å². The number of nitrogens with one attached hydrogen (secondary N) is 2. The van der Waals surface area contributed by atoms with E-state index >= 15 is 0 Å². The molecule has 1 aromatic heterocycles. The Morgan fingerprint density at radius 3 is 2.80 bits per heavy atom. The van der Waals surface area contributed by atoms with Gasteiger partial charge in [0, 0.05) is 17.8 Å². The van der Waals surface area contributed by atoms with Gasteiger partial charge in [-0.25, -0.2) is 17.5 Å². The fraction of sp³-hybridized carbons (Fsp3) is 0.250. The van der Waals surface area contributed by atoms with E-state index in [2.05, 4.69) is 14.9 Å². The molecule has 2 rings (SSSR count). The maximum Gasteiger partial charge on any atom is 0.243 e. The average Bonchev–Trinajstić information content (AvgIpc) is 2.82. The third kappa shape index (κ3) is 3.03. The van der Waals surface area contributed by atoms with Crippen molar-refractivity contribution in [1.29, 1.82) is 0 Å². The Hall–Kier alpha value is -1.77. The van der Waals surface area contributed by atoms with Crippen LogP contribution in [0.5, 0.6) is 0 Å². The predicted octanol–water partition coefficient (Wildman–Crippen LogP) is 0.828. The maximum absolute atomic E-state index is 13.6. The molecule has 0 fully saturated rings. The molecule has 2 aromatic rings. The third-order valence-corrected chi connectivity index (χ3v) is 4.27. The summed E-state index contributed by atoms with van der Waals surface area (Å²) in [7, 11) is -3.99. The van der Waals surface area contributed by atoms with Gasteiger partial charge >= 0.3 is 0 Å². The summed E-state index contributed by atoms with van der Waals surface area (Å²) in [6, 6.07) is 3.46. The van der Waals surface area contributed by atoms with E-state index in [0.717, 1.165) is 17.8 Å². The normalized spacial score (nSPS) is 11.8. The molecule has 0 spiro atoms. The number of halogens is 1. The largest absolute Gasteiger partial charge is 0.392 e. The summed E-state index contributed by atoms with van der Waals surface area (Å²) in [4.78, 5) is -0.481. The fourth-order valence-electron chi connectivity index (χ4n) is 1.66. The van der Waals surface area contributed by atoms with Crippen LogP contribution in [0.4, 0.5) is 4.39 Å². The summed E-state index contributed by atoms with van der Waals surface area (Å²) in [5.74, 6) is -0.862. The second-order valence-corrected chi connectivity index (χ2v) is 6.00. The number of aliphatic hydroxyl groups is 1. The van der Waals surface area contributed by atoms with Gasteiger partial charge in [-0.2, -0.15) is 5.10 Å². The SMILES string of the molecule is Cc1[nH]ncc1CNS(=O)(=O)c1cc(CO)ccc1F. The first kappa shape index (κ1) is 14.6. The van der Waals surface area contributed by atoms with Crippen LogP contribution in [0.2, 0.25) is 0 Å². The topological polar surface area (TPSA) is 95.1 Å². The van der Waals surface area contributed by atoms with E-state index in [-0.39, 0.29) is 13.2 Å². The quantitative estimate of drug-likeness (QED) is 0.762. The standard InChI is InChI=1S/C12H14FN3O3S/c1-8-10(5-14-16-8)6-15-20(18,19)12-4-9(7-17)2-3-11(12)13/h2-5,15,17H,6-7H2,1H3,(H,14,16). The summed E-state index contributed by atoms with van der Waals surface area (Å²) >= 11 is 0. The van der Waals surface area contributed by atoms with E-state index in [1.54, 1.807) is 6.92 Å². The first-order valence-corrected chi connectivity index (χ1v) is 7.30. The number of aliphatic hydroxyl groups excluding tert-OH is 1. The molecule has 6 nitrogen and oxygen atoms in total. The molecule has 0 atom stereocenters. The molecule has 3 N–H and O–H groups in total. The third-order valence-electron chi connectivity index (χ3n) is 2.85. The van der Waals surface area contributed by atoms with Crippen LogP contribution in [0.1, 0.15) is 16.8 Å². The van der Waals surface area contributed by atoms with E-state index in [4.69, 9.17) is 5.11 Å². The highest BCUT2D eigenvalue weighted by molar-refractivity contribution is 7.89. The van der Waals surface area contributed by atoms with Gasteiger partial charge in [0.15, 0.2) is 0 Å². The molecule has 108 valence electrons. The van der Waals surface area contributed by atoms with Gasteiger partial charge in [-0.15, -0.1) is 0 Å². The van der Waals surface area contributed by atoms with Crippen LogP contribution >= 0.6 is 0 Å². The fourth-order valence-corrected chi connectivity index (χ4v) is 2.79. The number of hydrogen-bond acceptors (Lipinski definition) is 4. The molecule has 1 aromatic carbocycles. The lowest BCUT2D eigenvalue weighted by Gasteiger charge is -2.08. The molecule has 0 radical (unpaired) electrons. The van der Waals surface area contributed by atoms with Crippen LogP contribution in [0.3, 0.4) is 0 Å². The number of benzene rings is 1. The van der Waals surface area contributed by atoms with Crippen LogP contribution in [0, 0.1) is 12.7 Å². The number of aromatic amines is 1. The van der Waals surface area contributed by atoms with E-state index in [0.29, 0.717) is 11.1 Å². The Bertz CT molecular complexity index is 712. The van der Waals surface area contributed by atoms with E-state index in [1.807, 2.05) is 0 Å². The molecular formula is C12H14FN3O3S. The number of hydrogen-bond donors (Lipinski definition) is 3. The summed E-state index contributed by atoms with van der Waals surface area (Å²) in [5, 5.41) is 15.4. The molecule has 20 heavy (non-hydrogen) atoms. The lowest BCUT2D eigenvalue weighted by molar-refractivity contribution is 0.281. The zero-order valence-corrected chi connectivity index (χ0v) is 11.5. The summed E-state index contributed by atoms with van der Waals surface area (Å²) in [6.45, 7) is 1.40. The number of aromatic nitrogens is 2. The second kappa shape index (κ2) is 5.70. The molecule has 0 aliphatic heterocycles. The lowest BCUT2D eigenvalue weighted by Crippen LogP contribution is -2.24. The molecule has 0 aliphatic carbocycles. The van der Waals surface area contributed by atoms with Crippen LogP contribution in [0.15, 0.2) is 29.3 Å². The summed E-state index contributed by atoms with van der Waals surface area (Å²) < 4.78 is 40.1. The first-order chi connectivity index (χ1) is 9.44. The van der Waals surface area contributed by atoms with Crippen molar-refractivity contribution in [1.82, 2.24) is 14.9 Å². The minimum atomic E-state index is -3.99. The van der Waals surface area contributed by atoms with Crippen LogP contribution in [0.25, 0.3) is 0 Å². The van der Waals surface area contributed by atoms with Gasteiger partial charge in [0.05, 0.1) is 12.8 Å². The van der Waals surface area contributed by atoms with Gasteiger partial charge in [-0.05, 0) is 24.6 Å². The molecule has 8 heteroatoms. The van der Waals surface area contributed by atoms with Gasteiger partial charge in [0.25, 0.3) is 0 Å². The van der Waals surface area contributed by atoms with Crippen LogP contribution in [-0.4, -0.2) is 23.7 Å². The van der Waals surface area contributed by atoms with Crippen molar-refractivity contribution in [2.75, 3.05) is 0 Å². The zero-order valence-electron chi connectivity index (χ0n) is 10.7. The number of H-pyrrole nitrogens is 1. The van der Waals surface area contributed by atoms with Gasteiger partial charge in [0.2, 0.25) is 10.0 Å².